The molecule has 3 aromatic rings. The van der Waals surface area contributed by atoms with Crippen LogP contribution in [0.4, 0.5) is 5.82 Å². The van der Waals surface area contributed by atoms with E-state index in [1.165, 1.54) is 0 Å². The SMILES string of the molecule is COc1ccc(-n2ncc3c2NC(=O)CC3c2ccc(O)cc2)cc1. The molecular weight excluding hydrogens is 318 g/mol. The maximum Gasteiger partial charge on any atom is 0.226 e. The maximum atomic E-state index is 12.2. The fourth-order valence-electron chi connectivity index (χ4n) is 3.14. The van der Waals surface area contributed by atoms with Gasteiger partial charge in [-0.25, -0.2) is 4.68 Å². The Kier molecular flexibility index (Phi) is 3.65. The van der Waals surface area contributed by atoms with Gasteiger partial charge in [0.15, 0.2) is 0 Å². The fraction of sp³-hybridized carbons (Fsp3) is 0.158. The van der Waals surface area contributed by atoms with Crippen LogP contribution in [0.2, 0.25) is 0 Å². The van der Waals surface area contributed by atoms with Crippen molar-refractivity contribution in [3.8, 4) is 17.2 Å². The maximum absolute atomic E-state index is 12.2. The number of nitrogens with zero attached hydrogens (tertiary/aromatic N) is 2. The molecule has 0 aliphatic carbocycles. The van der Waals surface area contributed by atoms with Crippen molar-refractivity contribution in [1.29, 1.82) is 0 Å². The Labute approximate surface area is 144 Å². The van der Waals surface area contributed by atoms with Crippen molar-refractivity contribution in [3.05, 3.63) is 65.9 Å². The van der Waals surface area contributed by atoms with Crippen LogP contribution in [0.3, 0.4) is 0 Å². The summed E-state index contributed by atoms with van der Waals surface area (Å²) in [7, 11) is 1.62. The molecule has 4 rings (SSSR count). The number of carbonyl (C=O) groups excluding carboxylic acids is 1. The minimum absolute atomic E-state index is 0.0548. The van der Waals surface area contributed by atoms with Gasteiger partial charge in [-0.05, 0) is 42.0 Å². The molecule has 1 aliphatic heterocycles. The highest BCUT2D eigenvalue weighted by Crippen LogP contribution is 2.38. The summed E-state index contributed by atoms with van der Waals surface area (Å²) in [6.07, 6.45) is 2.14. The first-order valence-electron chi connectivity index (χ1n) is 7.97. The van der Waals surface area contributed by atoms with E-state index >= 15 is 0 Å². The van der Waals surface area contributed by atoms with E-state index in [0.29, 0.717) is 12.2 Å². The van der Waals surface area contributed by atoms with Gasteiger partial charge in [-0.3, -0.25) is 4.79 Å². The van der Waals surface area contributed by atoms with Gasteiger partial charge in [0.2, 0.25) is 5.91 Å². The van der Waals surface area contributed by atoms with E-state index in [4.69, 9.17) is 4.74 Å². The second-order valence-electron chi connectivity index (χ2n) is 5.95. The summed E-state index contributed by atoms with van der Waals surface area (Å²) in [6.45, 7) is 0. The van der Waals surface area contributed by atoms with Crippen LogP contribution in [0.25, 0.3) is 5.69 Å². The van der Waals surface area contributed by atoms with Crippen LogP contribution < -0.4 is 10.1 Å². The van der Waals surface area contributed by atoms with Crippen molar-refractivity contribution < 1.29 is 14.6 Å². The van der Waals surface area contributed by atoms with Crippen molar-refractivity contribution in [2.45, 2.75) is 12.3 Å². The van der Waals surface area contributed by atoms with Gasteiger partial charge >= 0.3 is 0 Å². The number of amides is 1. The molecular formula is C19H17N3O3. The van der Waals surface area contributed by atoms with Gasteiger partial charge in [0.25, 0.3) is 0 Å². The number of phenols is 1. The van der Waals surface area contributed by atoms with Crippen molar-refractivity contribution in [2.24, 2.45) is 0 Å². The lowest BCUT2D eigenvalue weighted by atomic mass is 9.87. The van der Waals surface area contributed by atoms with E-state index in [1.807, 2.05) is 36.4 Å². The van der Waals surface area contributed by atoms with E-state index in [0.717, 1.165) is 22.6 Å². The molecule has 1 atom stereocenters. The number of methoxy groups -OCH3 is 1. The Morgan fingerprint density at radius 3 is 2.56 bits per heavy atom. The van der Waals surface area contributed by atoms with Crippen molar-refractivity contribution >= 4 is 11.7 Å². The predicted molar refractivity (Wildman–Crippen MR) is 93.3 cm³/mol. The second-order valence-corrected chi connectivity index (χ2v) is 5.95. The number of phenolic OH excluding ortho intramolecular Hbond substituents is 1. The number of nitrogens with one attached hydrogen (secondary N) is 1. The average molecular weight is 335 g/mol. The molecule has 0 saturated heterocycles. The molecule has 2 N–H and O–H groups in total. The molecule has 0 spiro atoms. The quantitative estimate of drug-likeness (QED) is 0.771. The number of aromatic hydroxyl groups is 1. The number of hydrogen-bond acceptors (Lipinski definition) is 4. The Morgan fingerprint density at radius 1 is 1.16 bits per heavy atom. The van der Waals surface area contributed by atoms with Crippen LogP contribution in [0.5, 0.6) is 11.5 Å². The van der Waals surface area contributed by atoms with Crippen LogP contribution in [0.15, 0.2) is 54.7 Å². The lowest BCUT2D eigenvalue weighted by molar-refractivity contribution is -0.116. The van der Waals surface area contributed by atoms with E-state index in [2.05, 4.69) is 10.4 Å². The first-order valence-corrected chi connectivity index (χ1v) is 7.97. The molecule has 0 radical (unpaired) electrons. The summed E-state index contributed by atoms with van der Waals surface area (Å²) < 4.78 is 6.90. The van der Waals surface area contributed by atoms with E-state index in [-0.39, 0.29) is 17.6 Å². The van der Waals surface area contributed by atoms with Crippen LogP contribution in [-0.4, -0.2) is 27.9 Å². The number of anilines is 1. The Balaban J connectivity index is 1.76. The molecule has 0 saturated carbocycles. The summed E-state index contributed by atoms with van der Waals surface area (Å²) in [6, 6.07) is 14.4. The molecule has 1 unspecified atom stereocenters. The smallest absolute Gasteiger partial charge is 0.226 e. The molecule has 2 heterocycles. The van der Waals surface area contributed by atoms with Gasteiger partial charge in [-0.2, -0.15) is 5.10 Å². The molecule has 1 aliphatic rings. The van der Waals surface area contributed by atoms with Crippen LogP contribution in [0.1, 0.15) is 23.5 Å². The lowest BCUT2D eigenvalue weighted by Gasteiger charge is -2.23. The Morgan fingerprint density at radius 2 is 1.88 bits per heavy atom. The third-order valence-electron chi connectivity index (χ3n) is 4.43. The summed E-state index contributed by atoms with van der Waals surface area (Å²) in [5.74, 6) is 1.51. The number of benzene rings is 2. The minimum Gasteiger partial charge on any atom is -0.508 e. The van der Waals surface area contributed by atoms with E-state index in [9.17, 15) is 9.90 Å². The Bertz CT molecular complexity index is 914. The highest BCUT2D eigenvalue weighted by molar-refractivity contribution is 5.94. The number of hydrogen-bond donors (Lipinski definition) is 2. The van der Waals surface area contributed by atoms with E-state index in [1.54, 1.807) is 30.1 Å². The topological polar surface area (TPSA) is 76.4 Å². The number of aromatic nitrogens is 2. The van der Waals surface area contributed by atoms with Crippen LogP contribution >= 0.6 is 0 Å². The van der Waals surface area contributed by atoms with Gasteiger partial charge < -0.3 is 15.2 Å². The third kappa shape index (κ3) is 2.71. The molecule has 1 aromatic heterocycles. The predicted octanol–water partition coefficient (Wildman–Crippen LogP) is 3.06. The molecule has 6 nitrogen and oxygen atoms in total. The molecule has 0 fully saturated rings. The third-order valence-corrected chi connectivity index (χ3v) is 4.43. The molecule has 1 amide bonds. The molecule has 0 bridgehead atoms. The van der Waals surface area contributed by atoms with Gasteiger partial charge in [-0.15, -0.1) is 0 Å². The van der Waals surface area contributed by atoms with E-state index < -0.39 is 0 Å². The molecule has 25 heavy (non-hydrogen) atoms. The zero-order valence-corrected chi connectivity index (χ0v) is 13.6. The highest BCUT2D eigenvalue weighted by Gasteiger charge is 2.30. The zero-order chi connectivity index (χ0) is 17.4. The molecule has 126 valence electrons. The number of rotatable bonds is 3. The van der Waals surface area contributed by atoms with Crippen LogP contribution in [0, 0.1) is 0 Å². The fourth-order valence-corrected chi connectivity index (χ4v) is 3.14. The zero-order valence-electron chi connectivity index (χ0n) is 13.6. The highest BCUT2D eigenvalue weighted by atomic mass is 16.5. The van der Waals surface area contributed by atoms with Crippen molar-refractivity contribution in [2.75, 3.05) is 12.4 Å². The van der Waals surface area contributed by atoms with Gasteiger partial charge in [0.05, 0.1) is 19.0 Å². The monoisotopic (exact) mass is 335 g/mol. The summed E-state index contributed by atoms with van der Waals surface area (Å²) in [5.41, 5.74) is 2.78. The van der Waals surface area contributed by atoms with Crippen molar-refractivity contribution in [1.82, 2.24) is 9.78 Å². The second kappa shape index (κ2) is 5.98. The van der Waals surface area contributed by atoms with Crippen LogP contribution in [-0.2, 0) is 4.79 Å². The van der Waals surface area contributed by atoms with Crippen molar-refractivity contribution in [3.63, 3.8) is 0 Å². The molecule has 6 heteroatoms. The van der Waals surface area contributed by atoms with Gasteiger partial charge in [0.1, 0.15) is 17.3 Å². The first-order chi connectivity index (χ1) is 12.2. The minimum atomic E-state index is -0.0867. The average Bonchev–Trinajstić information content (AvgIpc) is 3.05. The summed E-state index contributed by atoms with van der Waals surface area (Å²) in [4.78, 5) is 12.2. The largest absolute Gasteiger partial charge is 0.508 e. The Hall–Kier alpha value is -3.28. The standard InChI is InChI=1S/C19H17N3O3/c1-25-15-8-4-13(5-9-15)22-19-17(11-20-22)16(10-18(24)21-19)12-2-6-14(23)7-3-12/h2-9,11,16,23H,10H2,1H3,(H,21,24). The summed E-state index contributed by atoms with van der Waals surface area (Å²) in [5, 5.41) is 16.9. The molecule has 2 aromatic carbocycles. The summed E-state index contributed by atoms with van der Waals surface area (Å²) >= 11 is 0. The van der Waals surface area contributed by atoms with Gasteiger partial charge in [0, 0.05) is 17.9 Å². The first kappa shape index (κ1) is 15.3. The van der Waals surface area contributed by atoms with Gasteiger partial charge in [-0.1, -0.05) is 12.1 Å². The lowest BCUT2D eigenvalue weighted by Crippen LogP contribution is -2.24. The number of carbonyl (C=O) groups is 1. The number of fused-ring (bicyclic) bond motifs is 1. The normalized spacial score (nSPS) is 16.2. The number of ether oxygens (including phenoxy) is 1.